The first-order valence-corrected chi connectivity index (χ1v) is 9.58. The zero-order valence-electron chi connectivity index (χ0n) is 16.0. The third-order valence-corrected chi connectivity index (χ3v) is 5.17. The number of rotatable bonds is 5. The van der Waals surface area contributed by atoms with Crippen molar-refractivity contribution in [3.05, 3.63) is 114 Å². The van der Waals surface area contributed by atoms with E-state index in [9.17, 15) is 18.3 Å². The van der Waals surface area contributed by atoms with Crippen molar-refractivity contribution in [1.82, 2.24) is 5.32 Å². The van der Waals surface area contributed by atoms with Gasteiger partial charge in [0.1, 0.15) is 11.8 Å². The Hall–Kier alpha value is -3.31. The van der Waals surface area contributed by atoms with Crippen LogP contribution < -0.4 is 5.32 Å². The van der Waals surface area contributed by atoms with Gasteiger partial charge in [-0.05, 0) is 28.1 Å². The molecule has 0 fully saturated rings. The number of fused-ring (bicyclic) bond motifs is 1. The fraction of sp³-hybridized carbons (Fsp3) is 0.120. The molecule has 1 atom stereocenters. The van der Waals surface area contributed by atoms with Crippen LogP contribution in [-0.2, 0) is 0 Å². The molecule has 152 valence electrons. The summed E-state index contributed by atoms with van der Waals surface area (Å²) in [5.41, 5.74) is 1.55. The number of phenolic OH excluding ortho intramolecular Hbond substituents is 1. The number of halogens is 3. The number of hydrogen-bond acceptors (Lipinski definition) is 2. The van der Waals surface area contributed by atoms with Crippen LogP contribution in [0.25, 0.3) is 10.8 Å². The van der Waals surface area contributed by atoms with E-state index < -0.39 is 18.3 Å². The van der Waals surface area contributed by atoms with Gasteiger partial charge >= 0.3 is 6.18 Å². The first-order chi connectivity index (χ1) is 14.4. The minimum atomic E-state index is -4.54. The second-order valence-electron chi connectivity index (χ2n) is 7.12. The maximum Gasteiger partial charge on any atom is 0.407 e. The van der Waals surface area contributed by atoms with Crippen LogP contribution in [0, 0.1) is 0 Å². The first kappa shape index (κ1) is 20.0. The largest absolute Gasteiger partial charge is 0.507 e. The van der Waals surface area contributed by atoms with Crippen LogP contribution in [0.15, 0.2) is 97.1 Å². The van der Waals surface area contributed by atoms with Crippen LogP contribution in [-0.4, -0.2) is 11.3 Å². The van der Waals surface area contributed by atoms with Gasteiger partial charge in [0.2, 0.25) is 0 Å². The molecule has 4 aromatic rings. The van der Waals surface area contributed by atoms with Crippen molar-refractivity contribution < 1.29 is 18.3 Å². The van der Waals surface area contributed by atoms with Gasteiger partial charge < -0.3 is 5.11 Å². The van der Waals surface area contributed by atoms with Crippen molar-refractivity contribution in [2.75, 3.05) is 0 Å². The molecule has 0 bridgehead atoms. The van der Waals surface area contributed by atoms with E-state index >= 15 is 0 Å². The van der Waals surface area contributed by atoms with Gasteiger partial charge in [0.25, 0.3) is 0 Å². The molecule has 0 spiro atoms. The summed E-state index contributed by atoms with van der Waals surface area (Å²) in [4.78, 5) is 0. The van der Waals surface area contributed by atoms with Gasteiger partial charge in [-0.3, -0.25) is 5.32 Å². The van der Waals surface area contributed by atoms with Gasteiger partial charge in [-0.15, -0.1) is 0 Å². The quantitative estimate of drug-likeness (QED) is 0.394. The molecule has 0 amide bonds. The molecule has 0 saturated heterocycles. The number of benzene rings is 4. The van der Waals surface area contributed by atoms with E-state index in [4.69, 9.17) is 0 Å². The standard InChI is InChI=1S/C25H20F3NO/c26-25(27,28)24(21-15-16-22(30)20-14-8-7-13-19(20)21)29-23(17-9-3-1-4-10-17)18-11-5-2-6-12-18/h1-16,23-24,29-30H. The van der Waals surface area contributed by atoms with E-state index in [1.165, 1.54) is 12.1 Å². The van der Waals surface area contributed by atoms with Crippen molar-refractivity contribution in [3.63, 3.8) is 0 Å². The molecule has 2 N–H and O–H groups in total. The molecule has 0 aliphatic carbocycles. The Balaban J connectivity index is 1.85. The van der Waals surface area contributed by atoms with E-state index in [-0.39, 0.29) is 11.3 Å². The minimum Gasteiger partial charge on any atom is -0.507 e. The molecule has 30 heavy (non-hydrogen) atoms. The number of alkyl halides is 3. The van der Waals surface area contributed by atoms with Gasteiger partial charge in [-0.25, -0.2) is 0 Å². The molecular weight excluding hydrogens is 387 g/mol. The molecule has 4 aromatic carbocycles. The molecule has 4 rings (SSSR count). The molecular formula is C25H20F3NO. The lowest BCUT2D eigenvalue weighted by Crippen LogP contribution is -2.37. The Morgan fingerprint density at radius 3 is 1.67 bits per heavy atom. The summed E-state index contributed by atoms with van der Waals surface area (Å²) in [6.45, 7) is 0. The summed E-state index contributed by atoms with van der Waals surface area (Å²) in [6.07, 6.45) is -4.54. The lowest BCUT2D eigenvalue weighted by Gasteiger charge is -2.29. The summed E-state index contributed by atoms with van der Waals surface area (Å²) in [5.74, 6) is -0.0436. The lowest BCUT2D eigenvalue weighted by atomic mass is 9.93. The van der Waals surface area contributed by atoms with E-state index in [0.29, 0.717) is 10.8 Å². The van der Waals surface area contributed by atoms with Crippen LogP contribution in [0.1, 0.15) is 28.8 Å². The predicted octanol–water partition coefficient (Wildman–Crippen LogP) is 6.53. The van der Waals surface area contributed by atoms with Gasteiger partial charge in [-0.1, -0.05) is 91.0 Å². The zero-order valence-corrected chi connectivity index (χ0v) is 16.0. The van der Waals surface area contributed by atoms with Crippen molar-refractivity contribution in [2.24, 2.45) is 0 Å². The third-order valence-electron chi connectivity index (χ3n) is 5.17. The number of hydrogen-bond donors (Lipinski definition) is 2. The summed E-state index contributed by atoms with van der Waals surface area (Å²) in [5, 5.41) is 13.7. The van der Waals surface area contributed by atoms with E-state index in [1.54, 1.807) is 24.3 Å². The van der Waals surface area contributed by atoms with Gasteiger partial charge in [0, 0.05) is 5.39 Å². The zero-order chi connectivity index (χ0) is 21.1. The number of phenols is 1. The second kappa shape index (κ2) is 8.20. The monoisotopic (exact) mass is 407 g/mol. The maximum atomic E-state index is 14.3. The van der Waals surface area contributed by atoms with Crippen LogP contribution in [0.4, 0.5) is 13.2 Å². The van der Waals surface area contributed by atoms with Gasteiger partial charge in [0.15, 0.2) is 0 Å². The van der Waals surface area contributed by atoms with Crippen molar-refractivity contribution in [3.8, 4) is 5.75 Å². The predicted molar refractivity (Wildman–Crippen MR) is 112 cm³/mol. The van der Waals surface area contributed by atoms with E-state index in [2.05, 4.69) is 5.32 Å². The summed E-state index contributed by atoms with van der Waals surface area (Å²) >= 11 is 0. The Morgan fingerprint density at radius 2 is 1.13 bits per heavy atom. The van der Waals surface area contributed by atoms with E-state index in [0.717, 1.165) is 11.1 Å². The van der Waals surface area contributed by atoms with Crippen LogP contribution in [0.5, 0.6) is 5.75 Å². The SMILES string of the molecule is Oc1ccc(C(NC(c2ccccc2)c2ccccc2)C(F)(F)F)c2ccccc12. The smallest absolute Gasteiger partial charge is 0.407 e. The normalized spacial score (nSPS) is 12.9. The van der Waals surface area contributed by atoms with Crippen LogP contribution in [0.2, 0.25) is 0 Å². The highest BCUT2D eigenvalue weighted by Gasteiger charge is 2.43. The van der Waals surface area contributed by atoms with Crippen molar-refractivity contribution in [2.45, 2.75) is 18.3 Å². The molecule has 1 unspecified atom stereocenters. The van der Waals surface area contributed by atoms with Gasteiger partial charge in [0.05, 0.1) is 6.04 Å². The maximum absolute atomic E-state index is 14.3. The fourth-order valence-electron chi connectivity index (χ4n) is 3.76. The summed E-state index contributed by atoms with van der Waals surface area (Å²) in [7, 11) is 0. The lowest BCUT2D eigenvalue weighted by molar-refractivity contribution is -0.158. The highest BCUT2D eigenvalue weighted by Crippen LogP contribution is 2.40. The fourth-order valence-corrected chi connectivity index (χ4v) is 3.76. The molecule has 5 heteroatoms. The summed E-state index contributed by atoms with van der Waals surface area (Å²) < 4.78 is 42.9. The third kappa shape index (κ3) is 4.02. The molecule has 0 radical (unpaired) electrons. The minimum absolute atomic E-state index is 0.0436. The highest BCUT2D eigenvalue weighted by atomic mass is 19.4. The highest BCUT2D eigenvalue weighted by molar-refractivity contribution is 5.91. The Bertz CT molecular complexity index is 1090. The van der Waals surface area contributed by atoms with Gasteiger partial charge in [-0.2, -0.15) is 13.2 Å². The Morgan fingerprint density at radius 1 is 0.633 bits per heavy atom. The molecule has 2 nitrogen and oxygen atoms in total. The average molecular weight is 407 g/mol. The first-order valence-electron chi connectivity index (χ1n) is 9.58. The van der Waals surface area contributed by atoms with E-state index in [1.807, 2.05) is 60.7 Å². The second-order valence-corrected chi connectivity index (χ2v) is 7.12. The number of aromatic hydroxyl groups is 1. The Labute approximate surface area is 172 Å². The molecule has 0 heterocycles. The molecule has 0 saturated carbocycles. The summed E-state index contributed by atoms with van der Waals surface area (Å²) in [6, 6.07) is 24.8. The van der Waals surface area contributed by atoms with Crippen molar-refractivity contribution in [1.29, 1.82) is 0 Å². The van der Waals surface area contributed by atoms with Crippen molar-refractivity contribution >= 4 is 10.8 Å². The molecule has 0 aliphatic heterocycles. The Kier molecular flexibility index (Phi) is 5.46. The average Bonchev–Trinajstić information content (AvgIpc) is 2.76. The van der Waals surface area contributed by atoms with Crippen LogP contribution >= 0.6 is 0 Å². The molecule has 0 aliphatic rings. The molecule has 0 aromatic heterocycles. The topological polar surface area (TPSA) is 32.3 Å². The number of nitrogens with one attached hydrogen (secondary N) is 1. The van der Waals surface area contributed by atoms with Crippen LogP contribution in [0.3, 0.4) is 0 Å².